The maximum absolute atomic E-state index is 12.4. The van der Waals surface area contributed by atoms with Crippen LogP contribution in [0.15, 0.2) is 57.7 Å². The van der Waals surface area contributed by atoms with Gasteiger partial charge in [-0.05, 0) is 31.5 Å². The first-order valence-corrected chi connectivity index (χ1v) is 8.10. The van der Waals surface area contributed by atoms with E-state index in [0.717, 1.165) is 29.7 Å². The molecule has 0 saturated heterocycles. The number of halogens is 1. The Bertz CT molecular complexity index is 883. The Balaban J connectivity index is 2.21. The predicted octanol–water partition coefficient (Wildman–Crippen LogP) is 4.96. The molecule has 1 aromatic heterocycles. The molecule has 0 atom stereocenters. The van der Waals surface area contributed by atoms with E-state index in [2.05, 4.69) is 18.7 Å². The topological polar surface area (TPSA) is 33.5 Å². The van der Waals surface area contributed by atoms with E-state index < -0.39 is 5.63 Å². The zero-order valence-corrected chi connectivity index (χ0v) is 13.9. The highest BCUT2D eigenvalue weighted by Crippen LogP contribution is 2.33. The zero-order chi connectivity index (χ0) is 16.4. The Labute approximate surface area is 140 Å². The van der Waals surface area contributed by atoms with Gasteiger partial charge in [-0.25, -0.2) is 4.79 Å². The summed E-state index contributed by atoms with van der Waals surface area (Å²) in [6, 6.07) is 15.2. The molecule has 0 amide bonds. The van der Waals surface area contributed by atoms with E-state index in [1.807, 2.05) is 48.5 Å². The number of benzene rings is 2. The van der Waals surface area contributed by atoms with E-state index in [1.165, 1.54) is 0 Å². The van der Waals surface area contributed by atoms with E-state index in [-0.39, 0.29) is 0 Å². The molecule has 0 saturated carbocycles. The van der Waals surface area contributed by atoms with E-state index in [1.54, 1.807) is 0 Å². The predicted molar refractivity (Wildman–Crippen MR) is 96.5 cm³/mol. The summed E-state index contributed by atoms with van der Waals surface area (Å²) in [5.74, 6) is 0. The summed E-state index contributed by atoms with van der Waals surface area (Å²) in [6.07, 6.45) is 0. The molecule has 0 fully saturated rings. The lowest BCUT2D eigenvalue weighted by molar-refractivity contribution is 0.563. The summed E-state index contributed by atoms with van der Waals surface area (Å²) in [7, 11) is 0. The van der Waals surface area contributed by atoms with Crippen molar-refractivity contribution >= 4 is 28.3 Å². The number of rotatable bonds is 4. The van der Waals surface area contributed by atoms with Crippen LogP contribution in [-0.2, 0) is 0 Å². The summed E-state index contributed by atoms with van der Waals surface area (Å²) in [5.41, 5.74) is 2.31. The minimum absolute atomic E-state index is 0.412. The molecule has 23 heavy (non-hydrogen) atoms. The maximum Gasteiger partial charge on any atom is 0.345 e. The molecule has 3 nitrogen and oxygen atoms in total. The fourth-order valence-corrected chi connectivity index (χ4v) is 3.13. The van der Waals surface area contributed by atoms with Gasteiger partial charge in [0.15, 0.2) is 0 Å². The molecule has 118 valence electrons. The standard InChI is InChI=1S/C19H18ClNO2/c1-3-21(4-2)14-10-11-15-16(12-14)23-19(22)17(18(15)20)13-8-6-5-7-9-13/h5-12H,3-4H2,1-2H3. The van der Waals surface area contributed by atoms with Crippen LogP contribution in [0.5, 0.6) is 0 Å². The van der Waals surface area contributed by atoms with Gasteiger partial charge in [-0.1, -0.05) is 41.9 Å². The SMILES string of the molecule is CCN(CC)c1ccc2c(Cl)c(-c3ccccc3)c(=O)oc2c1. The quantitative estimate of drug-likeness (QED) is 0.635. The van der Waals surface area contributed by atoms with Crippen molar-refractivity contribution in [1.29, 1.82) is 0 Å². The third kappa shape index (κ3) is 2.84. The van der Waals surface area contributed by atoms with E-state index >= 15 is 0 Å². The Morgan fingerprint density at radius 3 is 2.39 bits per heavy atom. The molecule has 4 heteroatoms. The van der Waals surface area contributed by atoms with Gasteiger partial charge >= 0.3 is 5.63 Å². The number of hydrogen-bond donors (Lipinski definition) is 0. The fourth-order valence-electron chi connectivity index (χ4n) is 2.79. The van der Waals surface area contributed by atoms with E-state index in [9.17, 15) is 4.79 Å². The van der Waals surface area contributed by atoms with Gasteiger partial charge in [0.05, 0.1) is 10.6 Å². The third-order valence-electron chi connectivity index (χ3n) is 4.02. The number of anilines is 1. The summed E-state index contributed by atoms with van der Waals surface area (Å²) in [5, 5.41) is 1.19. The molecule has 0 aliphatic carbocycles. The van der Waals surface area contributed by atoms with Gasteiger partial charge < -0.3 is 9.32 Å². The smallest absolute Gasteiger partial charge is 0.345 e. The van der Waals surface area contributed by atoms with Gasteiger partial charge in [0, 0.05) is 30.2 Å². The molecule has 0 bridgehead atoms. The highest BCUT2D eigenvalue weighted by atomic mass is 35.5. The summed E-state index contributed by atoms with van der Waals surface area (Å²) < 4.78 is 5.54. The van der Waals surface area contributed by atoms with Crippen LogP contribution < -0.4 is 10.5 Å². The Morgan fingerprint density at radius 2 is 1.74 bits per heavy atom. The molecule has 3 rings (SSSR count). The van der Waals surface area contributed by atoms with Gasteiger partial charge in [-0.3, -0.25) is 0 Å². The van der Waals surface area contributed by atoms with Crippen molar-refractivity contribution in [2.75, 3.05) is 18.0 Å². The second-order valence-electron chi connectivity index (χ2n) is 5.30. The average molecular weight is 328 g/mol. The first-order chi connectivity index (χ1) is 11.2. The van der Waals surface area contributed by atoms with Gasteiger partial charge in [-0.15, -0.1) is 0 Å². The van der Waals surface area contributed by atoms with Crippen LogP contribution in [-0.4, -0.2) is 13.1 Å². The molecule has 0 spiro atoms. The first-order valence-electron chi connectivity index (χ1n) is 7.72. The summed E-state index contributed by atoms with van der Waals surface area (Å²) in [6.45, 7) is 5.97. The van der Waals surface area contributed by atoms with Crippen LogP contribution >= 0.6 is 11.6 Å². The van der Waals surface area contributed by atoms with E-state index in [0.29, 0.717) is 16.2 Å². The third-order valence-corrected chi connectivity index (χ3v) is 4.41. The second kappa shape index (κ2) is 6.47. The van der Waals surface area contributed by atoms with Crippen molar-refractivity contribution in [3.05, 3.63) is 64.0 Å². The van der Waals surface area contributed by atoms with Crippen LogP contribution in [0.25, 0.3) is 22.1 Å². The zero-order valence-electron chi connectivity index (χ0n) is 13.2. The van der Waals surface area contributed by atoms with Gasteiger partial charge in [0.25, 0.3) is 0 Å². The number of hydrogen-bond acceptors (Lipinski definition) is 3. The molecule has 0 N–H and O–H groups in total. The second-order valence-corrected chi connectivity index (χ2v) is 5.68. The lowest BCUT2D eigenvalue weighted by Crippen LogP contribution is -2.21. The molecule has 1 heterocycles. The van der Waals surface area contributed by atoms with Crippen molar-refractivity contribution in [3.8, 4) is 11.1 Å². The minimum Gasteiger partial charge on any atom is -0.422 e. The molecular formula is C19H18ClNO2. The molecule has 0 aliphatic heterocycles. The number of fused-ring (bicyclic) bond motifs is 1. The van der Waals surface area contributed by atoms with Crippen LogP contribution in [0.4, 0.5) is 5.69 Å². The lowest BCUT2D eigenvalue weighted by Gasteiger charge is -2.21. The number of nitrogens with zero attached hydrogens (tertiary/aromatic N) is 1. The van der Waals surface area contributed by atoms with Crippen molar-refractivity contribution < 1.29 is 4.42 Å². The Hall–Kier alpha value is -2.26. The normalized spacial score (nSPS) is 10.9. The molecule has 0 aliphatic rings. The summed E-state index contributed by atoms with van der Waals surface area (Å²) >= 11 is 6.51. The fraction of sp³-hybridized carbons (Fsp3) is 0.211. The molecule has 0 radical (unpaired) electrons. The van der Waals surface area contributed by atoms with E-state index in [4.69, 9.17) is 16.0 Å². The highest BCUT2D eigenvalue weighted by Gasteiger charge is 2.15. The van der Waals surface area contributed by atoms with Crippen LogP contribution in [0, 0.1) is 0 Å². The largest absolute Gasteiger partial charge is 0.422 e. The van der Waals surface area contributed by atoms with Gasteiger partial charge in [0.2, 0.25) is 0 Å². The average Bonchev–Trinajstić information content (AvgIpc) is 2.57. The van der Waals surface area contributed by atoms with Crippen LogP contribution in [0.2, 0.25) is 5.02 Å². The first kappa shape index (κ1) is 15.6. The van der Waals surface area contributed by atoms with Crippen molar-refractivity contribution in [3.63, 3.8) is 0 Å². The highest BCUT2D eigenvalue weighted by molar-refractivity contribution is 6.37. The van der Waals surface area contributed by atoms with Gasteiger partial charge in [-0.2, -0.15) is 0 Å². The maximum atomic E-state index is 12.4. The van der Waals surface area contributed by atoms with Crippen LogP contribution in [0.3, 0.4) is 0 Å². The van der Waals surface area contributed by atoms with Crippen molar-refractivity contribution in [1.82, 2.24) is 0 Å². The van der Waals surface area contributed by atoms with Crippen LogP contribution in [0.1, 0.15) is 13.8 Å². The monoisotopic (exact) mass is 327 g/mol. The molecule has 2 aromatic carbocycles. The Kier molecular flexibility index (Phi) is 4.39. The summed E-state index contributed by atoms with van der Waals surface area (Å²) in [4.78, 5) is 14.6. The Morgan fingerprint density at radius 1 is 1.04 bits per heavy atom. The van der Waals surface area contributed by atoms with Gasteiger partial charge in [0.1, 0.15) is 5.58 Å². The van der Waals surface area contributed by atoms with Crippen molar-refractivity contribution in [2.24, 2.45) is 0 Å². The molecule has 3 aromatic rings. The molecule has 0 unspecified atom stereocenters. The minimum atomic E-state index is -0.412. The molecular weight excluding hydrogens is 310 g/mol. The lowest BCUT2D eigenvalue weighted by atomic mass is 10.1. The van der Waals surface area contributed by atoms with Crippen molar-refractivity contribution in [2.45, 2.75) is 13.8 Å².